The summed E-state index contributed by atoms with van der Waals surface area (Å²) in [7, 11) is -2.97. The van der Waals surface area contributed by atoms with Gasteiger partial charge in [-0.25, -0.2) is 4.79 Å². The molecule has 3 aliphatic carbocycles. The lowest BCUT2D eigenvalue weighted by Crippen LogP contribution is -2.67. The third kappa shape index (κ3) is 5.36. The van der Waals surface area contributed by atoms with Crippen LogP contribution in [0, 0.1) is 34.0 Å². The third-order valence-corrected chi connectivity index (χ3v) is 17.7. The molecule has 5 rings (SSSR count). The molecule has 3 saturated carbocycles. The van der Waals surface area contributed by atoms with Crippen LogP contribution in [-0.4, -0.2) is 55.7 Å². The molecular weight excluding hydrogens is 580 g/mol. The Morgan fingerprint density at radius 2 is 1.58 bits per heavy atom. The van der Waals surface area contributed by atoms with E-state index in [0.29, 0.717) is 25.7 Å². The van der Waals surface area contributed by atoms with Crippen molar-refractivity contribution in [2.24, 2.45) is 34.0 Å². The van der Waals surface area contributed by atoms with Crippen molar-refractivity contribution < 1.29 is 29.0 Å². The second-order valence-corrected chi connectivity index (χ2v) is 20.1. The van der Waals surface area contributed by atoms with E-state index in [1.165, 1.54) is 0 Å². The number of aliphatic hydroxyl groups excluding tert-OH is 2. The van der Waals surface area contributed by atoms with Gasteiger partial charge in [-0.05, 0) is 64.3 Å². The molecule has 2 bridgehead atoms. The van der Waals surface area contributed by atoms with Gasteiger partial charge in [0.15, 0.2) is 0 Å². The number of esters is 1. The van der Waals surface area contributed by atoms with Gasteiger partial charge < -0.3 is 19.4 Å². The molecule has 0 spiro atoms. The summed E-state index contributed by atoms with van der Waals surface area (Å²) in [5.41, 5.74) is -1.72. The Balaban J connectivity index is 1.53. The minimum atomic E-state index is -2.97. The topological polar surface area (TPSA) is 93.1 Å². The van der Waals surface area contributed by atoms with Crippen LogP contribution in [0.1, 0.15) is 87.0 Å². The zero-order valence-corrected chi connectivity index (χ0v) is 29.3. The predicted octanol–water partition coefficient (Wildman–Crippen LogP) is 5.67. The van der Waals surface area contributed by atoms with E-state index in [2.05, 4.69) is 72.7 Å². The maximum Gasteiger partial charge on any atom is 0.331 e. The Labute approximate surface area is 271 Å². The molecule has 45 heavy (non-hydrogen) atoms. The molecule has 8 atom stereocenters. The number of benzene rings is 2. The van der Waals surface area contributed by atoms with Gasteiger partial charge in [-0.2, -0.15) is 0 Å². The molecule has 0 heterocycles. The fourth-order valence-corrected chi connectivity index (χ4v) is 14.3. The van der Waals surface area contributed by atoms with Crippen molar-refractivity contribution in [1.82, 2.24) is 0 Å². The summed E-state index contributed by atoms with van der Waals surface area (Å²) in [6, 6.07) is 20.5. The number of Topliss-reactive ketones (excluding diaryl/α,β-unsaturated/α-hetero) is 1. The Morgan fingerprint density at radius 3 is 2.09 bits per heavy atom. The van der Waals surface area contributed by atoms with E-state index in [1.54, 1.807) is 0 Å². The van der Waals surface area contributed by atoms with Crippen molar-refractivity contribution in [2.45, 2.75) is 104 Å². The van der Waals surface area contributed by atoms with Crippen molar-refractivity contribution in [3.8, 4) is 0 Å². The normalized spacial score (nSPS) is 35.3. The van der Waals surface area contributed by atoms with Gasteiger partial charge in [-0.15, -0.1) is 0 Å². The van der Waals surface area contributed by atoms with Crippen LogP contribution in [0.3, 0.4) is 0 Å². The largest absolute Gasteiger partial charge is 0.460 e. The molecule has 246 valence electrons. The van der Waals surface area contributed by atoms with E-state index < -0.39 is 42.7 Å². The Hall–Kier alpha value is -2.32. The summed E-state index contributed by atoms with van der Waals surface area (Å²) in [5.74, 6) is -0.892. The van der Waals surface area contributed by atoms with Gasteiger partial charge in [0.1, 0.15) is 18.5 Å². The number of rotatable bonds is 8. The Morgan fingerprint density at radius 1 is 1.00 bits per heavy atom. The average Bonchev–Trinajstić information content (AvgIpc) is 3.36. The molecular formula is C38H54O6Si. The van der Waals surface area contributed by atoms with Gasteiger partial charge >= 0.3 is 5.97 Å². The van der Waals surface area contributed by atoms with Crippen LogP contribution < -0.4 is 10.4 Å². The first-order chi connectivity index (χ1) is 21.2. The number of hydrogen-bond acceptors (Lipinski definition) is 6. The Kier molecular flexibility index (Phi) is 9.35. The molecule has 0 aliphatic heterocycles. The molecule has 2 aromatic carbocycles. The smallest absolute Gasteiger partial charge is 0.331 e. The van der Waals surface area contributed by atoms with Crippen LogP contribution >= 0.6 is 0 Å². The number of carbonyl (C=O) groups excluding carboxylic acids is 2. The predicted molar refractivity (Wildman–Crippen MR) is 180 cm³/mol. The van der Waals surface area contributed by atoms with Gasteiger partial charge in [0.2, 0.25) is 0 Å². The molecule has 0 radical (unpaired) electrons. The number of carbonyl (C=O) groups is 2. The molecule has 7 heteroatoms. The SMILES string of the molecule is CC[C@]1(C)C[C@@H](OC(=O)CO[Si](c2ccccc2)(c2ccccc2)C(C)(C)C)[C@@]2(C)C3C(=O)CCC3(CC[C@H]2C)[C@H](CO)[C@@H]1O. The van der Waals surface area contributed by atoms with Crippen molar-refractivity contribution >= 4 is 30.4 Å². The van der Waals surface area contributed by atoms with Crippen molar-refractivity contribution in [3.05, 3.63) is 60.7 Å². The highest BCUT2D eigenvalue weighted by atomic mass is 28.4. The molecule has 0 amide bonds. The fourth-order valence-electron chi connectivity index (χ4n) is 9.86. The average molecular weight is 635 g/mol. The monoisotopic (exact) mass is 634 g/mol. The molecule has 0 saturated heterocycles. The highest BCUT2D eigenvalue weighted by molar-refractivity contribution is 6.99. The molecule has 0 aromatic heterocycles. The number of ketones is 1. The van der Waals surface area contributed by atoms with E-state index in [1.807, 2.05) is 36.4 Å². The first kappa shape index (κ1) is 34.0. The summed E-state index contributed by atoms with van der Waals surface area (Å²) in [5, 5.41) is 24.6. The maximum absolute atomic E-state index is 14.1. The quantitative estimate of drug-likeness (QED) is 0.287. The summed E-state index contributed by atoms with van der Waals surface area (Å²) in [6.45, 7) is 14.6. The van der Waals surface area contributed by atoms with Crippen molar-refractivity contribution in [3.63, 3.8) is 0 Å². The lowest BCUT2D eigenvalue weighted by molar-refractivity contribution is -0.219. The maximum atomic E-state index is 14.1. The Bertz CT molecular complexity index is 1320. The number of hydrogen-bond donors (Lipinski definition) is 2. The summed E-state index contributed by atoms with van der Waals surface area (Å²) >= 11 is 0. The zero-order chi connectivity index (χ0) is 32.8. The van der Waals surface area contributed by atoms with Crippen LogP contribution in [0.4, 0.5) is 0 Å². The highest BCUT2D eigenvalue weighted by Gasteiger charge is 2.69. The van der Waals surface area contributed by atoms with Crippen molar-refractivity contribution in [2.75, 3.05) is 13.2 Å². The van der Waals surface area contributed by atoms with Crippen molar-refractivity contribution in [1.29, 1.82) is 0 Å². The molecule has 2 unspecified atom stereocenters. The van der Waals surface area contributed by atoms with E-state index in [9.17, 15) is 19.8 Å². The van der Waals surface area contributed by atoms with Gasteiger partial charge in [0, 0.05) is 30.3 Å². The van der Waals surface area contributed by atoms with Gasteiger partial charge in [0.25, 0.3) is 8.32 Å². The molecule has 3 aliphatic rings. The van der Waals surface area contributed by atoms with E-state index in [0.717, 1.165) is 23.2 Å². The second kappa shape index (κ2) is 12.4. The summed E-state index contributed by atoms with van der Waals surface area (Å²) < 4.78 is 13.5. The highest BCUT2D eigenvalue weighted by Crippen LogP contribution is 2.68. The van der Waals surface area contributed by atoms with E-state index in [-0.39, 0.29) is 41.8 Å². The van der Waals surface area contributed by atoms with E-state index in [4.69, 9.17) is 9.16 Å². The molecule has 3 fully saturated rings. The number of ether oxygens (including phenoxy) is 1. The number of aliphatic hydroxyl groups is 2. The minimum Gasteiger partial charge on any atom is -0.460 e. The van der Waals surface area contributed by atoms with Gasteiger partial charge in [-0.3, -0.25) is 4.79 Å². The van der Waals surface area contributed by atoms with Crippen LogP contribution in [0.15, 0.2) is 60.7 Å². The van der Waals surface area contributed by atoms with Crippen LogP contribution in [0.2, 0.25) is 5.04 Å². The third-order valence-electron chi connectivity index (χ3n) is 12.7. The first-order valence-corrected chi connectivity index (χ1v) is 18.9. The zero-order valence-electron chi connectivity index (χ0n) is 28.3. The standard InChI is InChI=1S/C38H54O6Si/c1-8-36(6)23-31(37(7)26(2)19-21-38(29(24-39)34(36)42)22-20-30(40)33(37)38)44-32(41)25-43-45(35(3,4)5,27-15-11-9-12-16-27)28-17-13-10-14-18-28/h9-18,26,29,31,33-34,39,42H,8,19-25H2,1-7H3/t26-,29-,31-,33?,34+,36-,37+,38?/m1/s1. The molecule has 2 aromatic rings. The lowest BCUT2D eigenvalue weighted by atomic mass is 9.43. The van der Waals surface area contributed by atoms with Crippen LogP contribution in [0.5, 0.6) is 0 Å². The lowest BCUT2D eigenvalue weighted by Gasteiger charge is -2.62. The van der Waals surface area contributed by atoms with Crippen LogP contribution in [-0.2, 0) is 18.8 Å². The fraction of sp³-hybridized carbons (Fsp3) is 0.632. The summed E-state index contributed by atoms with van der Waals surface area (Å²) in [6.07, 6.45) is 2.46. The molecule has 6 nitrogen and oxygen atoms in total. The summed E-state index contributed by atoms with van der Waals surface area (Å²) in [4.78, 5) is 27.9. The first-order valence-electron chi connectivity index (χ1n) is 17.0. The van der Waals surface area contributed by atoms with Gasteiger partial charge in [0.05, 0.1) is 6.10 Å². The second-order valence-electron chi connectivity index (χ2n) is 15.8. The minimum absolute atomic E-state index is 0.128. The van der Waals surface area contributed by atoms with Crippen LogP contribution in [0.25, 0.3) is 0 Å². The van der Waals surface area contributed by atoms with Gasteiger partial charge in [-0.1, -0.05) is 109 Å². The molecule has 2 N–H and O–H groups in total. The van der Waals surface area contributed by atoms with E-state index >= 15 is 0 Å².